The van der Waals surface area contributed by atoms with E-state index in [1.165, 1.54) is 11.3 Å². The summed E-state index contributed by atoms with van der Waals surface area (Å²) < 4.78 is 0.698. The minimum absolute atomic E-state index is 0.0900. The molecule has 9 N–H and O–H groups in total. The monoisotopic (exact) mass is 512 g/mol. The van der Waals surface area contributed by atoms with Crippen molar-refractivity contribution in [3.8, 4) is 11.3 Å². The number of Topliss-reactive ketones (excluding diaryl/α,β-unsaturated/α-hetero) is 1. The Labute approximate surface area is 218 Å². The van der Waals surface area contributed by atoms with E-state index in [-0.39, 0.29) is 23.8 Å². The van der Waals surface area contributed by atoms with E-state index in [0.29, 0.717) is 43.0 Å². The highest BCUT2D eigenvalue weighted by Crippen LogP contribution is 2.49. The van der Waals surface area contributed by atoms with Crippen LogP contribution in [0.3, 0.4) is 0 Å². The van der Waals surface area contributed by atoms with Gasteiger partial charge < -0.3 is 28.3 Å². The Morgan fingerprint density at radius 2 is 1.86 bits per heavy atom. The zero-order valence-corrected chi connectivity index (χ0v) is 20.9. The second kappa shape index (κ2) is 8.74. The molecule has 2 aliphatic carbocycles. The van der Waals surface area contributed by atoms with Crippen LogP contribution in [0.4, 0.5) is 5.69 Å². The Kier molecular flexibility index (Phi) is 5.61. The number of anilines is 1. The van der Waals surface area contributed by atoms with E-state index in [4.69, 9.17) is 22.9 Å². The molecular formula is C28H28N6O2S. The Morgan fingerprint density at radius 3 is 2.59 bits per heavy atom. The van der Waals surface area contributed by atoms with E-state index < -0.39 is 11.6 Å². The summed E-state index contributed by atoms with van der Waals surface area (Å²) in [4.78, 5) is 32.3. The van der Waals surface area contributed by atoms with Gasteiger partial charge in [0.25, 0.3) is 5.91 Å². The van der Waals surface area contributed by atoms with Crippen LogP contribution in [0.2, 0.25) is 0 Å². The van der Waals surface area contributed by atoms with E-state index >= 15 is 0 Å². The number of benzene rings is 2. The highest BCUT2D eigenvalue weighted by atomic mass is 32.1. The first-order valence-electron chi connectivity index (χ1n) is 12.3. The fourth-order valence-corrected chi connectivity index (χ4v) is 6.89. The van der Waals surface area contributed by atoms with E-state index in [1.54, 1.807) is 24.4 Å². The predicted molar refractivity (Wildman–Crippen MR) is 146 cm³/mol. The summed E-state index contributed by atoms with van der Waals surface area (Å²) in [5, 5.41) is 3.74. The third-order valence-corrected chi connectivity index (χ3v) is 8.94. The average molecular weight is 513 g/mol. The molecule has 9 heteroatoms. The quantitative estimate of drug-likeness (QED) is 0.262. The number of amides is 1. The van der Waals surface area contributed by atoms with Crippen molar-refractivity contribution < 1.29 is 9.59 Å². The number of rotatable bonds is 4. The summed E-state index contributed by atoms with van der Waals surface area (Å²) >= 11 is 1.25. The van der Waals surface area contributed by atoms with Crippen LogP contribution in [0.25, 0.3) is 21.3 Å². The van der Waals surface area contributed by atoms with E-state index in [2.05, 4.69) is 10.3 Å². The lowest BCUT2D eigenvalue weighted by molar-refractivity contribution is -0.124. The second-order valence-corrected chi connectivity index (χ2v) is 10.9. The van der Waals surface area contributed by atoms with Crippen LogP contribution in [0.15, 0.2) is 60.8 Å². The van der Waals surface area contributed by atoms with Gasteiger partial charge in [-0.2, -0.15) is 0 Å². The molecule has 0 spiro atoms. The molecule has 4 aromatic rings. The van der Waals surface area contributed by atoms with Gasteiger partial charge >= 0.3 is 0 Å². The minimum atomic E-state index is -1.53. The number of nitrogens with one attached hydrogen (secondary N) is 1. The Hall–Kier alpha value is -3.63. The predicted octanol–water partition coefficient (Wildman–Crippen LogP) is 2.94. The van der Waals surface area contributed by atoms with Crippen LogP contribution in [0.5, 0.6) is 0 Å². The van der Waals surface area contributed by atoms with Crippen molar-refractivity contribution in [1.29, 1.82) is 0 Å². The third kappa shape index (κ3) is 3.58. The van der Waals surface area contributed by atoms with Gasteiger partial charge in [0.2, 0.25) is 0 Å². The molecule has 2 aromatic heterocycles. The Bertz CT molecular complexity index is 1550. The van der Waals surface area contributed by atoms with E-state index in [1.807, 2.05) is 36.4 Å². The molecule has 0 bridgehead atoms. The highest BCUT2D eigenvalue weighted by Gasteiger charge is 2.49. The van der Waals surface area contributed by atoms with Crippen molar-refractivity contribution in [3.63, 3.8) is 0 Å². The molecule has 0 radical (unpaired) electrons. The smallest absolute Gasteiger partial charge is 0.262 e. The Balaban J connectivity index is 1.52. The lowest BCUT2D eigenvalue weighted by Gasteiger charge is -2.36. The zero-order chi connectivity index (χ0) is 25.9. The number of hydrogen-bond donors (Lipinski definition) is 5. The minimum Gasteiger partial charge on any atom is -0.398 e. The number of thiophene rings is 1. The average Bonchev–Trinajstić information content (AvgIpc) is 3.52. The van der Waals surface area contributed by atoms with Crippen molar-refractivity contribution in [1.82, 2.24) is 10.3 Å². The van der Waals surface area contributed by atoms with Crippen LogP contribution >= 0.6 is 11.3 Å². The number of nitrogens with two attached hydrogens (primary N) is 4. The first kappa shape index (κ1) is 23.7. The zero-order valence-electron chi connectivity index (χ0n) is 20.1. The molecule has 2 aromatic carbocycles. The molecule has 0 aliphatic heterocycles. The van der Waals surface area contributed by atoms with Crippen LogP contribution < -0.4 is 28.3 Å². The Morgan fingerprint density at radius 1 is 1.08 bits per heavy atom. The second-order valence-electron chi connectivity index (χ2n) is 9.87. The van der Waals surface area contributed by atoms with Crippen molar-refractivity contribution in [2.24, 2.45) is 17.2 Å². The molecule has 2 unspecified atom stereocenters. The van der Waals surface area contributed by atoms with E-state index in [0.717, 1.165) is 24.8 Å². The maximum Gasteiger partial charge on any atom is 0.262 e. The molecule has 1 fully saturated rings. The highest BCUT2D eigenvalue weighted by molar-refractivity contribution is 7.21. The molecule has 8 nitrogen and oxygen atoms in total. The fraction of sp³-hybridized carbons (Fsp3) is 0.250. The fourth-order valence-electron chi connectivity index (χ4n) is 5.69. The van der Waals surface area contributed by atoms with Gasteiger partial charge in [0, 0.05) is 40.5 Å². The first-order valence-corrected chi connectivity index (χ1v) is 13.1. The molecule has 4 atom stereocenters. The topological polar surface area (TPSA) is 163 Å². The largest absolute Gasteiger partial charge is 0.398 e. The van der Waals surface area contributed by atoms with Gasteiger partial charge in [0.1, 0.15) is 5.54 Å². The maximum atomic E-state index is 14.0. The number of ketones is 1. The molecule has 188 valence electrons. The molecule has 6 rings (SSSR count). The maximum absolute atomic E-state index is 14.0. The number of carbonyl (C=O) groups excluding carboxylic acids is 2. The van der Waals surface area contributed by atoms with Gasteiger partial charge in [-0.25, -0.2) is 0 Å². The lowest BCUT2D eigenvalue weighted by Crippen LogP contribution is -2.52. The molecule has 2 heterocycles. The van der Waals surface area contributed by atoms with Crippen LogP contribution in [-0.2, 0) is 10.3 Å². The first-order chi connectivity index (χ1) is 17.8. The van der Waals surface area contributed by atoms with Gasteiger partial charge in [0.05, 0.1) is 21.3 Å². The molecule has 0 saturated heterocycles. The molecule has 2 aliphatic rings. The van der Waals surface area contributed by atoms with Gasteiger partial charge in [0.15, 0.2) is 5.78 Å². The molecular weight excluding hydrogens is 484 g/mol. The van der Waals surface area contributed by atoms with Crippen molar-refractivity contribution in [2.75, 3.05) is 5.73 Å². The van der Waals surface area contributed by atoms with Crippen molar-refractivity contribution >= 4 is 38.8 Å². The van der Waals surface area contributed by atoms with Crippen molar-refractivity contribution in [3.05, 3.63) is 82.4 Å². The molecule has 1 saturated carbocycles. The summed E-state index contributed by atoms with van der Waals surface area (Å²) in [7, 11) is 0. The summed E-state index contributed by atoms with van der Waals surface area (Å²) in [6.45, 7) is 0. The van der Waals surface area contributed by atoms with Gasteiger partial charge in [-0.05, 0) is 48.6 Å². The normalized spacial score (nSPS) is 24.9. The number of aromatic nitrogens is 1. The number of hydrogen-bond acceptors (Lipinski definition) is 8. The van der Waals surface area contributed by atoms with Gasteiger partial charge in [-0.15, -0.1) is 11.3 Å². The SMILES string of the molecule is Nc1ccc2c3c(c(C(=O)N[C@@H]4CCC[C@@H]4N)sc13)C(N)C(=O)C2(N)c1ccnc(-c2ccccc2)c1. The van der Waals surface area contributed by atoms with Crippen LogP contribution in [0, 0.1) is 0 Å². The van der Waals surface area contributed by atoms with Gasteiger partial charge in [-0.3, -0.25) is 14.6 Å². The standard InChI is InChI=1S/C28H28N6O2S/c29-17-7-4-8-19(17)34-27(36)25-22-21-16(9-10-18(30)24(21)37-25)28(32,26(35)23(22)31)15-11-12-33-20(13-15)14-5-2-1-3-6-14/h1-3,5-6,9-13,17,19,23H,4,7-8,29-32H2,(H,34,36)/t17-,19+,23?,28?/m0/s1. The molecule has 37 heavy (non-hydrogen) atoms. The summed E-state index contributed by atoms with van der Waals surface area (Å²) in [6, 6.07) is 15.5. The van der Waals surface area contributed by atoms with Crippen LogP contribution in [-0.4, -0.2) is 28.8 Å². The lowest BCUT2D eigenvalue weighted by atomic mass is 9.70. The number of carbonyl (C=O) groups is 2. The van der Waals surface area contributed by atoms with E-state index in [9.17, 15) is 9.59 Å². The molecule has 1 amide bonds. The number of nitrogens with zero attached hydrogens (tertiary/aromatic N) is 1. The van der Waals surface area contributed by atoms with Crippen molar-refractivity contribution in [2.45, 2.75) is 42.9 Å². The summed E-state index contributed by atoms with van der Waals surface area (Å²) in [5.74, 6) is -0.673. The third-order valence-electron chi connectivity index (χ3n) is 7.69. The number of nitrogen functional groups attached to an aromatic ring is 1. The summed E-state index contributed by atoms with van der Waals surface area (Å²) in [6.07, 6.45) is 4.30. The summed E-state index contributed by atoms with van der Waals surface area (Å²) in [5.41, 5.74) is 28.4. The van der Waals surface area contributed by atoms with Crippen LogP contribution in [0.1, 0.15) is 51.7 Å². The number of pyridine rings is 1. The van der Waals surface area contributed by atoms with Gasteiger partial charge in [-0.1, -0.05) is 36.4 Å².